The van der Waals surface area contributed by atoms with Crippen LogP contribution in [0.2, 0.25) is 0 Å². The molecule has 1 N–H and O–H groups in total. The van der Waals surface area contributed by atoms with Crippen LogP contribution in [0.5, 0.6) is 0 Å². The summed E-state index contributed by atoms with van der Waals surface area (Å²) in [6, 6.07) is 0. The summed E-state index contributed by atoms with van der Waals surface area (Å²) in [5.41, 5.74) is 1.46. The zero-order valence-electron chi connectivity index (χ0n) is 13.9. The Kier molecular flexibility index (Phi) is 6.04. The molecule has 0 amide bonds. The highest BCUT2D eigenvalue weighted by Gasteiger charge is 2.23. The van der Waals surface area contributed by atoms with Gasteiger partial charge in [-0.15, -0.1) is 0 Å². The van der Waals surface area contributed by atoms with E-state index in [4.69, 9.17) is 9.05 Å². The number of nitrogens with zero attached hydrogens (tertiary/aromatic N) is 3. The molecule has 0 bridgehead atoms. The van der Waals surface area contributed by atoms with Crippen LogP contribution in [0.15, 0.2) is 24.4 Å². The van der Waals surface area contributed by atoms with Gasteiger partial charge in [0.05, 0.1) is 24.7 Å². The fraction of sp³-hybridized carbons (Fsp3) is 0.533. The number of aryl methyl sites for hydroxylation is 1. The first-order valence-electron chi connectivity index (χ1n) is 7.67. The average molecular weight is 338 g/mol. The van der Waals surface area contributed by atoms with Gasteiger partial charge in [-0.1, -0.05) is 6.08 Å². The zero-order valence-corrected chi connectivity index (χ0v) is 14.8. The Hall–Kier alpha value is -1.56. The summed E-state index contributed by atoms with van der Waals surface area (Å²) >= 11 is 0. The van der Waals surface area contributed by atoms with Crippen LogP contribution in [-0.2, 0) is 20.0 Å². The minimum Gasteiger partial charge on any atom is -0.342 e. The van der Waals surface area contributed by atoms with Crippen molar-refractivity contribution in [3.63, 3.8) is 0 Å². The van der Waals surface area contributed by atoms with Crippen molar-refractivity contribution in [3.8, 4) is 0 Å². The average Bonchev–Trinajstić information content (AvgIpc) is 2.89. The lowest BCUT2D eigenvalue weighted by molar-refractivity contribution is 0.149. The van der Waals surface area contributed by atoms with Crippen molar-refractivity contribution in [2.75, 3.05) is 0 Å². The number of nitrogens with one attached hydrogen (secondary N) is 1. The third kappa shape index (κ3) is 5.53. The van der Waals surface area contributed by atoms with Gasteiger partial charge in [-0.3, -0.25) is 4.57 Å². The van der Waals surface area contributed by atoms with E-state index in [1.165, 1.54) is 5.82 Å². The number of aromatic amines is 1. The van der Waals surface area contributed by atoms with E-state index in [1.807, 2.05) is 27.7 Å². The molecule has 0 aliphatic heterocycles. The monoisotopic (exact) mass is 338 g/mol. The predicted molar refractivity (Wildman–Crippen MR) is 89.2 cm³/mol. The van der Waals surface area contributed by atoms with Crippen molar-refractivity contribution in [2.45, 2.75) is 52.7 Å². The van der Waals surface area contributed by atoms with Crippen molar-refractivity contribution in [1.82, 2.24) is 19.9 Å². The highest BCUT2D eigenvalue weighted by Crippen LogP contribution is 2.52. The maximum Gasteiger partial charge on any atom is 0.354 e. The first kappa shape index (κ1) is 17.8. The van der Waals surface area contributed by atoms with E-state index in [0.717, 1.165) is 5.52 Å². The molecule has 126 valence electrons. The molecule has 0 aromatic carbocycles. The number of hydrogen-bond acceptors (Lipinski definition) is 6. The van der Waals surface area contributed by atoms with E-state index in [-0.39, 0.29) is 12.2 Å². The Labute approximate surface area is 136 Å². The first-order chi connectivity index (χ1) is 10.9. The molecule has 0 saturated heterocycles. The van der Waals surface area contributed by atoms with Gasteiger partial charge in [0.25, 0.3) is 0 Å². The van der Waals surface area contributed by atoms with Gasteiger partial charge in [-0.2, -0.15) is 0 Å². The van der Waals surface area contributed by atoms with Crippen LogP contribution in [0.1, 0.15) is 39.9 Å². The Morgan fingerprint density at radius 2 is 1.91 bits per heavy atom. The van der Waals surface area contributed by atoms with Gasteiger partial charge in [0.1, 0.15) is 11.3 Å². The van der Waals surface area contributed by atoms with E-state index in [1.54, 1.807) is 18.6 Å². The second-order valence-corrected chi connectivity index (χ2v) is 7.50. The lowest BCUT2D eigenvalue weighted by Crippen LogP contribution is -2.06. The van der Waals surface area contributed by atoms with Crippen molar-refractivity contribution in [1.29, 1.82) is 0 Å². The number of allylic oxidation sites excluding steroid dienone is 1. The molecule has 0 unspecified atom stereocenters. The smallest absolute Gasteiger partial charge is 0.342 e. The van der Waals surface area contributed by atoms with Crippen molar-refractivity contribution in [2.24, 2.45) is 0 Å². The molecule has 2 rings (SSSR count). The van der Waals surface area contributed by atoms with E-state index in [9.17, 15) is 4.57 Å². The second-order valence-electron chi connectivity index (χ2n) is 5.70. The Balaban J connectivity index is 1.96. The molecule has 2 heterocycles. The van der Waals surface area contributed by atoms with Gasteiger partial charge in [0, 0.05) is 12.2 Å². The molecule has 0 aliphatic rings. The minimum absolute atomic E-state index is 0.172. The van der Waals surface area contributed by atoms with Crippen molar-refractivity contribution < 1.29 is 13.6 Å². The maximum absolute atomic E-state index is 12.6. The number of rotatable bonds is 8. The molecule has 0 saturated carbocycles. The van der Waals surface area contributed by atoms with Crippen LogP contribution in [0, 0.1) is 0 Å². The van der Waals surface area contributed by atoms with Gasteiger partial charge in [-0.25, -0.2) is 15.0 Å². The summed E-state index contributed by atoms with van der Waals surface area (Å²) in [5.74, 6) is 2.22. The number of H-pyrrole nitrogens is 1. The second kappa shape index (κ2) is 7.81. The van der Waals surface area contributed by atoms with Gasteiger partial charge < -0.3 is 14.0 Å². The molecule has 0 spiro atoms. The molecular formula is C15H23N4O3P. The van der Waals surface area contributed by atoms with Crippen LogP contribution < -0.4 is 0 Å². The lowest BCUT2D eigenvalue weighted by Gasteiger charge is -2.19. The summed E-state index contributed by atoms with van der Waals surface area (Å²) < 4.78 is 23.5. The summed E-state index contributed by atoms with van der Waals surface area (Å²) in [6.45, 7) is 7.32. The number of hydrogen-bond donors (Lipinski definition) is 1. The quantitative estimate of drug-likeness (QED) is 0.735. The van der Waals surface area contributed by atoms with Crippen LogP contribution in [0.4, 0.5) is 0 Å². The normalized spacial score (nSPS) is 13.0. The Morgan fingerprint density at radius 1 is 1.22 bits per heavy atom. The molecule has 2 aromatic heterocycles. The third-order valence-corrected chi connectivity index (χ3v) is 4.77. The number of fused-ring (bicyclic) bond motifs is 1. The van der Waals surface area contributed by atoms with Gasteiger partial charge in [0.2, 0.25) is 0 Å². The lowest BCUT2D eigenvalue weighted by atomic mass is 10.3. The fourth-order valence-electron chi connectivity index (χ4n) is 1.99. The third-order valence-electron chi connectivity index (χ3n) is 2.76. The summed E-state index contributed by atoms with van der Waals surface area (Å²) in [6.07, 6.45) is 6.02. The molecule has 0 radical (unpaired) electrons. The zero-order chi connectivity index (χ0) is 16.9. The molecule has 0 fully saturated rings. The van der Waals surface area contributed by atoms with Crippen molar-refractivity contribution in [3.05, 3.63) is 30.2 Å². The first-order valence-corrected chi connectivity index (χ1v) is 9.28. The standard InChI is InChI=1S/C15H23N4O3P/c1-11(2)21-23(20,22-12(3)4)8-6-5-7-14-16-9-13-15(19-14)18-10-17-13/h6,8-12H,5,7H2,1-4H3,(H,16,17,18,19). The molecule has 0 atom stereocenters. The van der Waals surface area contributed by atoms with Crippen LogP contribution in [-0.4, -0.2) is 32.1 Å². The minimum atomic E-state index is -3.22. The highest BCUT2D eigenvalue weighted by atomic mass is 31.2. The van der Waals surface area contributed by atoms with Crippen molar-refractivity contribution >= 4 is 18.8 Å². The van der Waals surface area contributed by atoms with Gasteiger partial charge >= 0.3 is 7.60 Å². The van der Waals surface area contributed by atoms with Gasteiger partial charge in [-0.05, 0) is 34.1 Å². The largest absolute Gasteiger partial charge is 0.354 e. The summed E-state index contributed by atoms with van der Waals surface area (Å²) in [7, 11) is -3.22. The van der Waals surface area contributed by atoms with E-state index < -0.39 is 7.60 Å². The van der Waals surface area contributed by atoms with E-state index in [2.05, 4.69) is 19.9 Å². The number of imidazole rings is 1. The molecule has 8 heteroatoms. The topological polar surface area (TPSA) is 90.0 Å². The molecule has 23 heavy (non-hydrogen) atoms. The van der Waals surface area contributed by atoms with E-state index >= 15 is 0 Å². The Bertz CT molecular complexity index is 698. The van der Waals surface area contributed by atoms with Crippen LogP contribution in [0.3, 0.4) is 0 Å². The number of aromatic nitrogens is 4. The Morgan fingerprint density at radius 3 is 2.57 bits per heavy atom. The van der Waals surface area contributed by atoms with Crippen LogP contribution >= 0.6 is 7.60 Å². The van der Waals surface area contributed by atoms with Gasteiger partial charge in [0.15, 0.2) is 5.65 Å². The maximum atomic E-state index is 12.6. The fourth-order valence-corrected chi connectivity index (χ4v) is 3.76. The molecular weight excluding hydrogens is 315 g/mol. The summed E-state index contributed by atoms with van der Waals surface area (Å²) in [5, 5.41) is 0. The molecule has 2 aromatic rings. The highest BCUT2D eigenvalue weighted by molar-refractivity contribution is 7.57. The van der Waals surface area contributed by atoms with E-state index in [0.29, 0.717) is 24.3 Å². The molecule has 7 nitrogen and oxygen atoms in total. The molecule has 0 aliphatic carbocycles. The van der Waals surface area contributed by atoms with Crippen LogP contribution in [0.25, 0.3) is 11.2 Å². The predicted octanol–water partition coefficient (Wildman–Crippen LogP) is 3.84. The SMILES string of the molecule is CC(C)OP(=O)(C=CCCc1ncc2[nH]cnc2n1)OC(C)C. The summed E-state index contributed by atoms with van der Waals surface area (Å²) in [4.78, 5) is 15.7.